The molecule has 1 N–H and O–H groups in total. The summed E-state index contributed by atoms with van der Waals surface area (Å²) in [5, 5.41) is 20.0. The van der Waals surface area contributed by atoms with E-state index >= 15 is 0 Å². The Kier molecular flexibility index (Phi) is 29.5. The molecule has 0 amide bonds. The number of nitrogens with one attached hydrogen (secondary N) is 1. The van der Waals surface area contributed by atoms with E-state index in [-0.39, 0.29) is 128 Å². The molecular formula is C29H27Cl3K2N6O5. The summed E-state index contributed by atoms with van der Waals surface area (Å²) < 4.78 is 1.33. The minimum Gasteiger partial charge on any atom is -1.00 e. The molecule has 0 saturated carbocycles. The van der Waals surface area contributed by atoms with Crippen LogP contribution in [-0.4, -0.2) is 42.3 Å². The summed E-state index contributed by atoms with van der Waals surface area (Å²) in [6.45, 7) is 4.06. The third-order valence-corrected chi connectivity index (χ3v) is 5.04. The number of pyridine rings is 2. The second-order valence-electron chi connectivity index (χ2n) is 7.48. The quantitative estimate of drug-likeness (QED) is 0.0632. The van der Waals surface area contributed by atoms with Crippen LogP contribution in [0.3, 0.4) is 0 Å². The fourth-order valence-electron chi connectivity index (χ4n) is 2.67. The first-order valence-electron chi connectivity index (χ1n) is 12.4. The molecule has 0 bridgehead atoms. The van der Waals surface area contributed by atoms with Gasteiger partial charge in [-0.25, -0.2) is 9.78 Å². The third kappa shape index (κ3) is 20.6. The number of carbonyl (C=O) groups excluding carboxylic acids is 1. The molecule has 0 fully saturated rings. The molecule has 16 heteroatoms. The Labute approximate surface area is 362 Å². The standard InChI is InChI=1S/C14H12ClN3O.C9H6ClN3O.C5H7Cl.CH2O3.2K.H/c1-2-3-4-9-18-14(19)8-7-13(17-18)12-6-5-11(15)10-16-12;10-6-1-2-7(11-5-6)8-3-4-9(14)13-12-8;1-2-3-4-5-6;2-1-4-3;;;/h5-8,10H,2,9H2,1H3;1-5H,(H,13,14);2,5H2,1H3;1,3H;;;/q;;;;2*+1;-1/p-1. The number of alkyl halides is 1. The molecule has 0 aliphatic heterocycles. The van der Waals surface area contributed by atoms with Crippen LogP contribution in [0.25, 0.3) is 22.8 Å². The Morgan fingerprint density at radius 2 is 1.36 bits per heavy atom. The van der Waals surface area contributed by atoms with Crippen molar-refractivity contribution in [2.45, 2.75) is 33.2 Å². The zero-order valence-electron chi connectivity index (χ0n) is 26.1. The average molecular weight is 724 g/mol. The van der Waals surface area contributed by atoms with Crippen molar-refractivity contribution in [1.29, 1.82) is 0 Å². The number of carbonyl (C=O) groups is 1. The summed E-state index contributed by atoms with van der Waals surface area (Å²) in [5.74, 6) is 11.8. The van der Waals surface area contributed by atoms with Gasteiger partial charge in [0.2, 0.25) is 0 Å². The average Bonchev–Trinajstić information content (AvgIpc) is 3.03. The number of nitrogens with zero attached hydrogens (tertiary/aromatic N) is 5. The summed E-state index contributed by atoms with van der Waals surface area (Å²) in [5.41, 5.74) is 2.16. The molecule has 226 valence electrons. The summed E-state index contributed by atoms with van der Waals surface area (Å²) >= 11 is 16.7. The fraction of sp³-hybridized carbons (Fsp3) is 0.207. The first-order chi connectivity index (χ1) is 20.8. The first kappa shape index (κ1) is 45.9. The maximum absolute atomic E-state index is 11.6. The maximum atomic E-state index is 11.6. The van der Waals surface area contributed by atoms with E-state index in [4.69, 9.17) is 44.9 Å². The number of H-pyrrole nitrogens is 1. The van der Waals surface area contributed by atoms with Gasteiger partial charge in [-0.3, -0.25) is 24.4 Å². The van der Waals surface area contributed by atoms with Crippen molar-refractivity contribution in [2.75, 3.05) is 5.88 Å². The van der Waals surface area contributed by atoms with Gasteiger partial charge < -0.3 is 11.6 Å². The van der Waals surface area contributed by atoms with Gasteiger partial charge >= 0.3 is 103 Å². The van der Waals surface area contributed by atoms with E-state index in [0.29, 0.717) is 38.7 Å². The van der Waals surface area contributed by atoms with E-state index in [0.717, 1.165) is 12.8 Å². The van der Waals surface area contributed by atoms with Gasteiger partial charge in [-0.2, -0.15) is 10.2 Å². The van der Waals surface area contributed by atoms with Crippen molar-refractivity contribution in [1.82, 2.24) is 29.9 Å². The Hall–Kier alpha value is -1.25. The van der Waals surface area contributed by atoms with E-state index in [2.05, 4.69) is 53.8 Å². The molecule has 0 saturated heterocycles. The first-order valence-corrected chi connectivity index (χ1v) is 13.7. The topological polar surface area (TPSA) is 156 Å². The van der Waals surface area contributed by atoms with Crippen LogP contribution in [0.4, 0.5) is 0 Å². The van der Waals surface area contributed by atoms with Crippen LogP contribution in [0, 0.1) is 23.7 Å². The van der Waals surface area contributed by atoms with E-state index in [1.807, 2.05) is 13.8 Å². The van der Waals surface area contributed by atoms with Crippen molar-refractivity contribution in [3.05, 3.63) is 91.7 Å². The molecule has 0 atom stereocenters. The van der Waals surface area contributed by atoms with Gasteiger partial charge in [0, 0.05) is 37.4 Å². The monoisotopic (exact) mass is 722 g/mol. The maximum Gasteiger partial charge on any atom is 1.00 e. The van der Waals surface area contributed by atoms with Crippen LogP contribution in [0.5, 0.6) is 0 Å². The van der Waals surface area contributed by atoms with Gasteiger partial charge in [0.1, 0.15) is 17.9 Å². The number of halogens is 3. The number of aromatic nitrogens is 6. The van der Waals surface area contributed by atoms with Crippen molar-refractivity contribution in [2.24, 2.45) is 0 Å². The van der Waals surface area contributed by atoms with Gasteiger partial charge in [-0.15, -0.1) is 23.4 Å². The van der Waals surface area contributed by atoms with Crippen LogP contribution in [0.15, 0.2) is 70.5 Å². The fourth-order valence-corrected chi connectivity index (χ4v) is 2.99. The molecule has 0 unspecified atom stereocenters. The summed E-state index contributed by atoms with van der Waals surface area (Å²) in [7, 11) is 0. The normalized spacial score (nSPS) is 8.58. The summed E-state index contributed by atoms with van der Waals surface area (Å²) in [6.07, 6.45) is 4.74. The Bertz CT molecular complexity index is 1630. The molecule has 0 aliphatic carbocycles. The zero-order chi connectivity index (χ0) is 31.9. The Morgan fingerprint density at radius 1 is 0.844 bits per heavy atom. The van der Waals surface area contributed by atoms with Gasteiger partial charge in [-0.05, 0) is 36.4 Å². The summed E-state index contributed by atoms with van der Waals surface area (Å²) in [6, 6.07) is 13.1. The van der Waals surface area contributed by atoms with Gasteiger partial charge in [0.25, 0.3) is 17.6 Å². The molecule has 4 rings (SSSR count). The van der Waals surface area contributed by atoms with Gasteiger partial charge in [-0.1, -0.05) is 48.9 Å². The molecule has 0 radical (unpaired) electrons. The van der Waals surface area contributed by atoms with E-state index in [9.17, 15) is 9.59 Å². The van der Waals surface area contributed by atoms with E-state index < -0.39 is 0 Å². The van der Waals surface area contributed by atoms with Crippen LogP contribution < -0.4 is 119 Å². The zero-order valence-corrected chi connectivity index (χ0v) is 33.6. The van der Waals surface area contributed by atoms with E-state index in [1.54, 1.807) is 42.6 Å². The van der Waals surface area contributed by atoms with Gasteiger partial charge in [0.15, 0.2) is 0 Å². The van der Waals surface area contributed by atoms with Crippen molar-refractivity contribution < 1.29 is 119 Å². The molecule has 45 heavy (non-hydrogen) atoms. The number of rotatable bonds is 4. The van der Waals surface area contributed by atoms with Crippen LogP contribution >= 0.6 is 34.8 Å². The largest absolute Gasteiger partial charge is 1.00 e. The van der Waals surface area contributed by atoms with Gasteiger partial charge in [0.05, 0.1) is 27.3 Å². The van der Waals surface area contributed by atoms with Crippen LogP contribution in [0.1, 0.15) is 28.1 Å². The van der Waals surface area contributed by atoms with Crippen LogP contribution in [-0.2, 0) is 16.2 Å². The van der Waals surface area contributed by atoms with Crippen molar-refractivity contribution >= 4 is 41.3 Å². The molecule has 4 heterocycles. The second kappa shape index (κ2) is 28.9. The summed E-state index contributed by atoms with van der Waals surface area (Å²) in [4.78, 5) is 41.9. The SMILES string of the molecule is CCC#CCCl.CCC#CCn1nc(-c2ccc(Cl)cn2)ccc1=O.O=CO[O-].O=c1ccc(-c2ccc(Cl)cn2)n[nH]1.[H-].[K+].[K+]. The number of hydrogen-bond acceptors (Lipinski definition) is 9. The molecule has 4 aromatic heterocycles. The minimum atomic E-state index is -0.234. The van der Waals surface area contributed by atoms with Crippen LogP contribution in [0.2, 0.25) is 10.0 Å². The van der Waals surface area contributed by atoms with Crippen molar-refractivity contribution in [3.8, 4) is 46.5 Å². The predicted molar refractivity (Wildman–Crippen MR) is 165 cm³/mol. The molecule has 4 aromatic rings. The molecule has 11 nitrogen and oxygen atoms in total. The smallest absolute Gasteiger partial charge is 1.00 e. The number of hydrogen-bond donors (Lipinski definition) is 1. The van der Waals surface area contributed by atoms with Crippen molar-refractivity contribution in [3.63, 3.8) is 0 Å². The van der Waals surface area contributed by atoms with E-state index in [1.165, 1.54) is 23.0 Å². The minimum absolute atomic E-state index is 0. The second-order valence-corrected chi connectivity index (χ2v) is 8.62. The predicted octanol–water partition coefficient (Wildman–Crippen LogP) is -1.95. The Morgan fingerprint density at radius 3 is 1.78 bits per heavy atom. The molecule has 0 aliphatic rings. The Balaban J connectivity index is -0.000000605. The molecular weight excluding hydrogens is 697 g/mol. The molecule has 0 spiro atoms. The third-order valence-electron chi connectivity index (χ3n) is 4.46. The molecule has 0 aromatic carbocycles. The number of aromatic amines is 1.